The van der Waals surface area contributed by atoms with Gasteiger partial charge in [-0.2, -0.15) is 4.39 Å². The number of likely N-dealkylation sites (tertiary alicyclic amines) is 1. The second kappa shape index (κ2) is 12.8. The quantitative estimate of drug-likeness (QED) is 0.359. The lowest BCUT2D eigenvalue weighted by Crippen LogP contribution is -2.53. The van der Waals surface area contributed by atoms with Crippen molar-refractivity contribution in [3.8, 4) is 11.1 Å². The Bertz CT molecular complexity index is 1500. The van der Waals surface area contributed by atoms with Crippen LogP contribution in [-0.4, -0.2) is 108 Å². The number of amides is 1. The average Bonchev–Trinajstić information content (AvgIpc) is 3.26. The lowest BCUT2D eigenvalue weighted by atomic mass is 9.85. The fourth-order valence-corrected chi connectivity index (χ4v) is 7.20. The summed E-state index contributed by atoms with van der Waals surface area (Å²) in [5.74, 6) is -0.0904. The van der Waals surface area contributed by atoms with Crippen molar-refractivity contribution >= 4 is 11.4 Å². The van der Waals surface area contributed by atoms with Gasteiger partial charge >= 0.3 is 0 Å². The zero-order chi connectivity index (χ0) is 31.1. The molecule has 3 aromatic rings. The van der Waals surface area contributed by atoms with E-state index >= 15 is 4.39 Å². The van der Waals surface area contributed by atoms with Gasteiger partial charge in [-0.25, -0.2) is 9.37 Å². The molecule has 3 aliphatic heterocycles. The molecule has 1 unspecified atom stereocenters. The Labute approximate surface area is 258 Å². The van der Waals surface area contributed by atoms with E-state index in [9.17, 15) is 9.18 Å². The van der Waals surface area contributed by atoms with Gasteiger partial charge in [0.15, 0.2) is 0 Å². The number of fused-ring (bicyclic) bond motifs is 1. The monoisotopic (exact) mass is 609 g/mol. The molecule has 0 radical (unpaired) electrons. The van der Waals surface area contributed by atoms with Crippen molar-refractivity contribution in [3.63, 3.8) is 0 Å². The van der Waals surface area contributed by atoms with Crippen molar-refractivity contribution < 1.29 is 23.0 Å². The highest BCUT2D eigenvalue weighted by atomic mass is 19.1. The van der Waals surface area contributed by atoms with Gasteiger partial charge in [-0.05, 0) is 69.0 Å². The molecule has 3 atom stereocenters. The van der Waals surface area contributed by atoms with Gasteiger partial charge in [0.05, 0.1) is 37.5 Å². The first kappa shape index (κ1) is 31.1. The van der Waals surface area contributed by atoms with Crippen LogP contribution in [0.1, 0.15) is 61.3 Å². The van der Waals surface area contributed by atoms with Gasteiger partial charge in [-0.3, -0.25) is 9.69 Å². The number of likely N-dealkylation sites (N-methyl/N-ethyl adjacent to an activating group) is 1. The van der Waals surface area contributed by atoms with Crippen LogP contribution in [0.15, 0.2) is 30.5 Å². The Hall–Kier alpha value is -2.92. The van der Waals surface area contributed by atoms with E-state index in [2.05, 4.69) is 35.7 Å². The summed E-state index contributed by atoms with van der Waals surface area (Å²) in [6, 6.07) is 6.51. The van der Waals surface area contributed by atoms with Gasteiger partial charge in [0, 0.05) is 56.4 Å². The SMILES string of the molecule is Cc1nc(F)c2c(-c3ccc(F)cc3C(=O)N3CCOC[C@H]3C)cc(C3CN(C(CC[C@H]4CN(C)CCO4)C(C)C)C3)cn12. The minimum Gasteiger partial charge on any atom is -0.377 e. The number of aryl methyl sites for hydroxylation is 1. The first-order valence-electron chi connectivity index (χ1n) is 16.0. The molecular formula is C34H45F2N5O3. The first-order valence-corrected chi connectivity index (χ1v) is 16.0. The molecule has 10 heteroatoms. The van der Waals surface area contributed by atoms with Crippen LogP contribution in [0.5, 0.6) is 0 Å². The molecule has 1 amide bonds. The van der Waals surface area contributed by atoms with Gasteiger partial charge in [0.2, 0.25) is 5.95 Å². The zero-order valence-electron chi connectivity index (χ0n) is 26.6. The number of carbonyl (C=O) groups excluding carboxylic acids is 1. The summed E-state index contributed by atoms with van der Waals surface area (Å²) in [5, 5.41) is 0. The number of imidazole rings is 1. The number of ether oxygens (including phenoxy) is 2. The summed E-state index contributed by atoms with van der Waals surface area (Å²) < 4.78 is 43.4. The molecule has 5 heterocycles. The van der Waals surface area contributed by atoms with Gasteiger partial charge in [0.1, 0.15) is 17.2 Å². The van der Waals surface area contributed by atoms with E-state index in [1.165, 1.54) is 12.1 Å². The predicted molar refractivity (Wildman–Crippen MR) is 166 cm³/mol. The van der Waals surface area contributed by atoms with Crippen molar-refractivity contribution in [2.45, 2.75) is 64.6 Å². The van der Waals surface area contributed by atoms with Crippen LogP contribution in [0.3, 0.4) is 0 Å². The fourth-order valence-electron chi connectivity index (χ4n) is 7.20. The minimum absolute atomic E-state index is 0.145. The Morgan fingerprint density at radius 1 is 1.09 bits per heavy atom. The predicted octanol–water partition coefficient (Wildman–Crippen LogP) is 4.98. The van der Waals surface area contributed by atoms with Crippen molar-refractivity contribution in [2.24, 2.45) is 5.92 Å². The molecule has 3 aliphatic rings. The van der Waals surface area contributed by atoms with Crippen LogP contribution in [0.2, 0.25) is 0 Å². The number of pyridine rings is 1. The number of hydrogen-bond donors (Lipinski definition) is 0. The maximum Gasteiger partial charge on any atom is 0.254 e. The van der Waals surface area contributed by atoms with Crippen LogP contribution in [0, 0.1) is 24.6 Å². The van der Waals surface area contributed by atoms with Crippen LogP contribution in [0.25, 0.3) is 16.6 Å². The van der Waals surface area contributed by atoms with Crippen LogP contribution in [0.4, 0.5) is 8.78 Å². The Morgan fingerprint density at radius 3 is 2.61 bits per heavy atom. The molecule has 6 rings (SSSR count). The van der Waals surface area contributed by atoms with E-state index < -0.39 is 11.8 Å². The largest absolute Gasteiger partial charge is 0.377 e. The topological polar surface area (TPSA) is 62.6 Å². The highest BCUT2D eigenvalue weighted by Gasteiger charge is 2.36. The number of morpholine rings is 2. The molecular weight excluding hydrogens is 564 g/mol. The van der Waals surface area contributed by atoms with Crippen molar-refractivity contribution in [1.29, 1.82) is 0 Å². The number of rotatable bonds is 8. The van der Waals surface area contributed by atoms with E-state index in [-0.39, 0.29) is 29.5 Å². The second-order valence-corrected chi connectivity index (χ2v) is 13.3. The Balaban J connectivity index is 1.29. The third-order valence-corrected chi connectivity index (χ3v) is 9.77. The van der Waals surface area contributed by atoms with Gasteiger partial charge in [0.25, 0.3) is 5.91 Å². The van der Waals surface area contributed by atoms with E-state index in [0.717, 1.165) is 51.2 Å². The standard InChI is InChI=1S/C34H45F2N5O3/c1-21(2)31(9-7-27-19-38(5)10-13-44-27)39-16-25(17-39)24-14-29(32-33(36)37-23(4)41(32)18-24)28-8-6-26(35)15-30(28)34(42)40-11-12-43-20-22(40)3/h6,8,14-15,18,21-22,25,27,31H,7,9-13,16-17,19-20H2,1-5H3/t22-,27+,31?/m1/s1. The Kier molecular flexibility index (Phi) is 9.06. The molecule has 3 fully saturated rings. The van der Waals surface area contributed by atoms with E-state index in [1.54, 1.807) is 22.3 Å². The normalized spacial score (nSPS) is 23.0. The maximum atomic E-state index is 15.4. The lowest BCUT2D eigenvalue weighted by Gasteiger charge is -2.47. The summed E-state index contributed by atoms with van der Waals surface area (Å²) >= 11 is 0. The van der Waals surface area contributed by atoms with E-state index in [0.29, 0.717) is 54.2 Å². The number of benzene rings is 1. The van der Waals surface area contributed by atoms with Crippen LogP contribution >= 0.6 is 0 Å². The molecule has 0 N–H and O–H groups in total. The van der Waals surface area contributed by atoms with Crippen molar-refractivity contribution in [1.82, 2.24) is 24.1 Å². The number of hydrogen-bond acceptors (Lipinski definition) is 6. The highest BCUT2D eigenvalue weighted by Crippen LogP contribution is 2.38. The van der Waals surface area contributed by atoms with E-state index in [4.69, 9.17) is 9.47 Å². The molecule has 1 aromatic carbocycles. The third-order valence-electron chi connectivity index (χ3n) is 9.77. The summed E-state index contributed by atoms with van der Waals surface area (Å²) in [7, 11) is 2.16. The molecule has 44 heavy (non-hydrogen) atoms. The first-order chi connectivity index (χ1) is 21.1. The smallest absolute Gasteiger partial charge is 0.254 e. The summed E-state index contributed by atoms with van der Waals surface area (Å²) in [6.45, 7) is 14.1. The molecule has 3 saturated heterocycles. The van der Waals surface area contributed by atoms with E-state index in [1.807, 2.05) is 19.2 Å². The van der Waals surface area contributed by atoms with Crippen LogP contribution in [-0.2, 0) is 9.47 Å². The zero-order valence-corrected chi connectivity index (χ0v) is 26.6. The molecule has 0 aliphatic carbocycles. The molecule has 0 spiro atoms. The molecule has 0 saturated carbocycles. The van der Waals surface area contributed by atoms with Crippen LogP contribution < -0.4 is 0 Å². The number of aromatic nitrogens is 2. The van der Waals surface area contributed by atoms with Crippen molar-refractivity contribution in [2.75, 3.05) is 59.6 Å². The summed E-state index contributed by atoms with van der Waals surface area (Å²) in [5.41, 5.74) is 2.65. The van der Waals surface area contributed by atoms with Gasteiger partial charge < -0.3 is 23.7 Å². The maximum absolute atomic E-state index is 15.4. The van der Waals surface area contributed by atoms with Gasteiger partial charge in [-0.1, -0.05) is 19.9 Å². The fraction of sp³-hybridized carbons (Fsp3) is 0.588. The Morgan fingerprint density at radius 2 is 1.89 bits per heavy atom. The summed E-state index contributed by atoms with van der Waals surface area (Å²) in [4.78, 5) is 24.6. The third kappa shape index (κ3) is 6.14. The molecule has 0 bridgehead atoms. The molecule has 238 valence electrons. The minimum atomic E-state index is -0.600. The molecule has 2 aromatic heterocycles. The lowest BCUT2D eigenvalue weighted by molar-refractivity contribution is -0.0321. The van der Waals surface area contributed by atoms with Gasteiger partial charge in [-0.15, -0.1) is 0 Å². The summed E-state index contributed by atoms with van der Waals surface area (Å²) in [6.07, 6.45) is 4.39. The highest BCUT2D eigenvalue weighted by molar-refractivity contribution is 6.03. The second-order valence-electron chi connectivity index (χ2n) is 13.3. The number of carbonyl (C=O) groups is 1. The number of nitrogens with zero attached hydrogens (tertiary/aromatic N) is 5. The molecule has 8 nitrogen and oxygen atoms in total. The number of halogens is 2. The average molecular weight is 610 g/mol. The van der Waals surface area contributed by atoms with Crippen molar-refractivity contribution in [3.05, 3.63) is 59.2 Å².